The Kier molecular flexibility index (Phi) is 4.78. The van der Waals surface area contributed by atoms with Crippen molar-refractivity contribution < 1.29 is 13.6 Å². The first-order valence-electron chi connectivity index (χ1n) is 4.98. The Labute approximate surface area is 108 Å². The second kappa shape index (κ2) is 6.10. The lowest BCUT2D eigenvalue weighted by atomic mass is 10.2. The van der Waals surface area contributed by atoms with Gasteiger partial charge in [-0.3, -0.25) is 0 Å². The van der Waals surface area contributed by atoms with Crippen molar-refractivity contribution in [2.75, 3.05) is 18.4 Å². The molecule has 0 fully saturated rings. The summed E-state index contributed by atoms with van der Waals surface area (Å²) in [5.74, 6) is -2.17. The summed E-state index contributed by atoms with van der Waals surface area (Å²) in [6.07, 6.45) is 0. The van der Waals surface area contributed by atoms with Gasteiger partial charge in [-0.1, -0.05) is 12.2 Å². The molecule has 18 heavy (non-hydrogen) atoms. The first kappa shape index (κ1) is 14.1. The number of rotatable bonds is 5. The number of amides is 2. The van der Waals surface area contributed by atoms with Gasteiger partial charge in [0.2, 0.25) is 0 Å². The smallest absolute Gasteiger partial charge is 0.312 e. The number of nitrogens with two attached hydrogens (primary N) is 2. The molecule has 0 unspecified atom stereocenters. The van der Waals surface area contributed by atoms with Crippen LogP contribution in [0.2, 0.25) is 0 Å². The number of carbonyl (C=O) groups excluding carboxylic acids is 1. The summed E-state index contributed by atoms with van der Waals surface area (Å²) in [5.41, 5.74) is 9.88. The fraction of sp³-hybridized carbons (Fsp3) is 0.200. The van der Waals surface area contributed by atoms with Crippen LogP contribution in [0, 0.1) is 11.6 Å². The molecule has 6 N–H and O–H groups in total. The molecule has 0 spiro atoms. The summed E-state index contributed by atoms with van der Waals surface area (Å²) >= 11 is 4.58. The van der Waals surface area contributed by atoms with Crippen LogP contribution in [-0.4, -0.2) is 24.1 Å². The Bertz CT molecular complexity index is 481. The highest BCUT2D eigenvalue weighted by Gasteiger charge is 2.14. The SMILES string of the molecule is NC(=O)NCCNc1ccc(C(N)=S)c(F)c1F. The van der Waals surface area contributed by atoms with E-state index < -0.39 is 17.7 Å². The molecule has 0 aliphatic carbocycles. The van der Waals surface area contributed by atoms with E-state index in [0.717, 1.165) is 0 Å². The lowest BCUT2D eigenvalue weighted by Crippen LogP contribution is -2.33. The predicted molar refractivity (Wildman–Crippen MR) is 68.3 cm³/mol. The van der Waals surface area contributed by atoms with E-state index in [1.165, 1.54) is 12.1 Å². The average Bonchev–Trinajstić information content (AvgIpc) is 2.29. The van der Waals surface area contributed by atoms with Crippen molar-refractivity contribution in [1.29, 1.82) is 0 Å². The van der Waals surface area contributed by atoms with Crippen molar-refractivity contribution in [1.82, 2.24) is 5.32 Å². The number of benzene rings is 1. The molecule has 0 bridgehead atoms. The summed E-state index contributed by atoms with van der Waals surface area (Å²) in [5, 5.41) is 4.90. The number of thiocarbonyl (C=S) groups is 1. The lowest BCUT2D eigenvalue weighted by molar-refractivity contribution is 0.249. The van der Waals surface area contributed by atoms with Crippen LogP contribution >= 0.6 is 12.2 Å². The summed E-state index contributed by atoms with van der Waals surface area (Å²) in [6, 6.07) is 1.91. The number of halogens is 2. The number of hydrogen-bond donors (Lipinski definition) is 4. The fourth-order valence-corrected chi connectivity index (χ4v) is 1.42. The molecule has 0 aliphatic rings. The molecule has 0 atom stereocenters. The molecule has 0 saturated carbocycles. The minimum Gasteiger partial charge on any atom is -0.389 e. The molecule has 0 heterocycles. The second-order valence-corrected chi connectivity index (χ2v) is 3.81. The zero-order chi connectivity index (χ0) is 13.7. The topological polar surface area (TPSA) is 93.2 Å². The maximum atomic E-state index is 13.5. The van der Waals surface area contributed by atoms with E-state index in [9.17, 15) is 13.6 Å². The van der Waals surface area contributed by atoms with Crippen molar-refractivity contribution in [2.45, 2.75) is 0 Å². The van der Waals surface area contributed by atoms with E-state index in [1.807, 2.05) is 0 Å². The van der Waals surface area contributed by atoms with Crippen LogP contribution in [0.5, 0.6) is 0 Å². The summed E-state index contributed by atoms with van der Waals surface area (Å²) in [7, 11) is 0. The molecule has 0 aromatic heterocycles. The minimum absolute atomic E-state index is 0.0428. The van der Waals surface area contributed by atoms with Gasteiger partial charge < -0.3 is 22.1 Å². The highest BCUT2D eigenvalue weighted by molar-refractivity contribution is 7.80. The van der Waals surface area contributed by atoms with Crippen LogP contribution in [0.15, 0.2) is 12.1 Å². The van der Waals surface area contributed by atoms with E-state index in [4.69, 9.17) is 11.5 Å². The van der Waals surface area contributed by atoms with Gasteiger partial charge in [-0.05, 0) is 12.1 Å². The van der Waals surface area contributed by atoms with Gasteiger partial charge in [0.05, 0.1) is 5.69 Å². The van der Waals surface area contributed by atoms with Crippen molar-refractivity contribution in [3.8, 4) is 0 Å². The molecule has 98 valence electrons. The highest BCUT2D eigenvalue weighted by Crippen LogP contribution is 2.20. The zero-order valence-corrected chi connectivity index (χ0v) is 10.1. The van der Waals surface area contributed by atoms with Gasteiger partial charge in [-0.2, -0.15) is 0 Å². The molecule has 1 aromatic rings. The van der Waals surface area contributed by atoms with E-state index in [-0.39, 0.29) is 29.3 Å². The Morgan fingerprint density at radius 2 is 1.89 bits per heavy atom. The molecule has 1 aromatic carbocycles. The maximum Gasteiger partial charge on any atom is 0.312 e. The van der Waals surface area contributed by atoms with Gasteiger partial charge in [0.1, 0.15) is 4.99 Å². The molecule has 5 nitrogen and oxygen atoms in total. The molecule has 8 heteroatoms. The van der Waals surface area contributed by atoms with Crippen molar-refractivity contribution in [2.24, 2.45) is 11.5 Å². The summed E-state index contributed by atoms with van der Waals surface area (Å²) in [4.78, 5) is 10.2. The van der Waals surface area contributed by atoms with Gasteiger partial charge in [-0.15, -0.1) is 0 Å². The van der Waals surface area contributed by atoms with Crippen LogP contribution in [0.4, 0.5) is 19.3 Å². The molecule has 0 aliphatic heterocycles. The molecular weight excluding hydrogens is 262 g/mol. The third-order valence-corrected chi connectivity index (χ3v) is 2.31. The Morgan fingerprint density at radius 3 is 2.44 bits per heavy atom. The van der Waals surface area contributed by atoms with Crippen molar-refractivity contribution in [3.05, 3.63) is 29.3 Å². The molecule has 0 saturated heterocycles. The Morgan fingerprint density at radius 1 is 1.22 bits per heavy atom. The van der Waals surface area contributed by atoms with E-state index in [1.54, 1.807) is 0 Å². The number of primary amides is 1. The van der Waals surface area contributed by atoms with Crippen molar-refractivity contribution in [3.63, 3.8) is 0 Å². The first-order chi connectivity index (χ1) is 8.43. The maximum absolute atomic E-state index is 13.5. The quantitative estimate of drug-likeness (QED) is 0.469. The summed E-state index contributed by atoms with van der Waals surface area (Å²) in [6.45, 7) is 0.388. The zero-order valence-electron chi connectivity index (χ0n) is 9.30. The van der Waals surface area contributed by atoms with Gasteiger partial charge in [-0.25, -0.2) is 13.6 Å². The number of nitrogens with one attached hydrogen (secondary N) is 2. The first-order valence-corrected chi connectivity index (χ1v) is 5.39. The van der Waals surface area contributed by atoms with Gasteiger partial charge in [0, 0.05) is 18.7 Å². The molecule has 1 rings (SSSR count). The number of anilines is 1. The van der Waals surface area contributed by atoms with Gasteiger partial charge >= 0.3 is 6.03 Å². The normalized spacial score (nSPS) is 9.89. The predicted octanol–water partition coefficient (Wildman–Crippen LogP) is 0.679. The highest BCUT2D eigenvalue weighted by atomic mass is 32.1. The van der Waals surface area contributed by atoms with E-state index in [0.29, 0.717) is 0 Å². The average molecular weight is 274 g/mol. The number of hydrogen-bond acceptors (Lipinski definition) is 3. The molecular formula is C10H12F2N4OS. The number of carbonyl (C=O) groups is 1. The third kappa shape index (κ3) is 3.52. The molecule has 0 radical (unpaired) electrons. The van der Waals surface area contributed by atoms with Crippen LogP contribution in [0.1, 0.15) is 5.56 Å². The lowest BCUT2D eigenvalue weighted by Gasteiger charge is -2.10. The van der Waals surface area contributed by atoms with Gasteiger partial charge in [0.25, 0.3) is 0 Å². The molecule has 2 amide bonds. The minimum atomic E-state index is -1.10. The fourth-order valence-electron chi connectivity index (χ4n) is 1.26. The standard InChI is InChI=1S/C10H12F2N4OS/c11-7-5(9(13)18)1-2-6(8(7)12)15-3-4-16-10(14)17/h1-2,15H,3-4H2,(H2,13,18)(H3,14,16,17). The Balaban J connectivity index is 2.71. The van der Waals surface area contributed by atoms with E-state index >= 15 is 0 Å². The monoisotopic (exact) mass is 274 g/mol. The van der Waals surface area contributed by atoms with Gasteiger partial charge in [0.15, 0.2) is 11.6 Å². The second-order valence-electron chi connectivity index (χ2n) is 3.37. The van der Waals surface area contributed by atoms with Crippen LogP contribution in [-0.2, 0) is 0 Å². The third-order valence-electron chi connectivity index (χ3n) is 2.09. The summed E-state index contributed by atoms with van der Waals surface area (Å²) < 4.78 is 27.0. The van der Waals surface area contributed by atoms with Crippen molar-refractivity contribution >= 4 is 28.9 Å². The van der Waals surface area contributed by atoms with Crippen LogP contribution in [0.25, 0.3) is 0 Å². The largest absolute Gasteiger partial charge is 0.389 e. The van der Waals surface area contributed by atoms with Crippen LogP contribution in [0.3, 0.4) is 0 Å². The number of urea groups is 1. The Hall–Kier alpha value is -1.96. The van der Waals surface area contributed by atoms with Crippen LogP contribution < -0.4 is 22.1 Å². The van der Waals surface area contributed by atoms with E-state index in [2.05, 4.69) is 22.9 Å².